The third-order valence-corrected chi connectivity index (χ3v) is 2.66. The molecule has 1 heterocycles. The Balaban J connectivity index is 2.36. The first-order valence-corrected chi connectivity index (χ1v) is 5.54. The number of nitrogens with zero attached hydrogens (tertiary/aromatic N) is 1. The van der Waals surface area contributed by atoms with Crippen molar-refractivity contribution in [1.82, 2.24) is 10.3 Å². The number of aliphatic hydroxyl groups excluding tert-OH is 1. The molecule has 0 aliphatic carbocycles. The summed E-state index contributed by atoms with van der Waals surface area (Å²) in [6.45, 7) is 3.46. The molecule has 3 nitrogen and oxygen atoms in total. The molecule has 16 heavy (non-hydrogen) atoms. The Morgan fingerprint density at radius 3 is 3.06 bits per heavy atom. The number of hydrogen-bond donors (Lipinski definition) is 2. The molecule has 0 aliphatic rings. The molecule has 1 aromatic carbocycles. The fraction of sp³-hybridized carbons (Fsp3) is 0.308. The van der Waals surface area contributed by atoms with E-state index in [1.54, 1.807) is 12.4 Å². The first-order valence-electron chi connectivity index (χ1n) is 5.54. The second kappa shape index (κ2) is 5.05. The van der Waals surface area contributed by atoms with Crippen molar-refractivity contribution in [2.24, 2.45) is 0 Å². The van der Waals surface area contributed by atoms with Crippen LogP contribution in [0.2, 0.25) is 0 Å². The van der Waals surface area contributed by atoms with Crippen LogP contribution >= 0.6 is 0 Å². The van der Waals surface area contributed by atoms with E-state index >= 15 is 0 Å². The van der Waals surface area contributed by atoms with Gasteiger partial charge in [-0.2, -0.15) is 0 Å². The number of aromatic nitrogens is 1. The van der Waals surface area contributed by atoms with Gasteiger partial charge in [-0.15, -0.1) is 0 Å². The van der Waals surface area contributed by atoms with Crippen molar-refractivity contribution in [3.05, 3.63) is 42.2 Å². The van der Waals surface area contributed by atoms with Gasteiger partial charge in [0.2, 0.25) is 0 Å². The van der Waals surface area contributed by atoms with E-state index < -0.39 is 6.10 Å². The lowest BCUT2D eigenvalue weighted by Crippen LogP contribution is -2.21. The lowest BCUT2D eigenvalue weighted by atomic mass is 10.0. The minimum absolute atomic E-state index is 0.479. The highest BCUT2D eigenvalue weighted by molar-refractivity contribution is 5.85. The van der Waals surface area contributed by atoms with Crippen molar-refractivity contribution in [3.63, 3.8) is 0 Å². The van der Waals surface area contributed by atoms with Crippen LogP contribution in [0.1, 0.15) is 18.6 Å². The number of fused-ring (bicyclic) bond motifs is 1. The summed E-state index contributed by atoms with van der Waals surface area (Å²) in [5, 5.41) is 15.3. The summed E-state index contributed by atoms with van der Waals surface area (Å²) in [5.74, 6) is 0. The predicted octanol–water partition coefficient (Wildman–Crippen LogP) is 1.88. The summed E-state index contributed by atoms with van der Waals surface area (Å²) in [6.07, 6.45) is 3.09. The van der Waals surface area contributed by atoms with Crippen LogP contribution in [0, 0.1) is 0 Å². The molecule has 0 radical (unpaired) electrons. The van der Waals surface area contributed by atoms with Gasteiger partial charge in [-0.3, -0.25) is 4.98 Å². The number of hydrogen-bond acceptors (Lipinski definition) is 3. The van der Waals surface area contributed by atoms with E-state index in [1.807, 2.05) is 31.2 Å². The molecule has 1 atom stereocenters. The van der Waals surface area contributed by atoms with Crippen LogP contribution in [0.25, 0.3) is 10.8 Å². The van der Waals surface area contributed by atoms with Crippen LogP contribution in [-0.2, 0) is 0 Å². The number of nitrogens with one attached hydrogen (secondary N) is 1. The Labute approximate surface area is 95.1 Å². The zero-order chi connectivity index (χ0) is 11.4. The van der Waals surface area contributed by atoms with Gasteiger partial charge >= 0.3 is 0 Å². The average molecular weight is 216 g/mol. The molecular weight excluding hydrogens is 200 g/mol. The summed E-state index contributed by atoms with van der Waals surface area (Å²) in [4.78, 5) is 4.10. The summed E-state index contributed by atoms with van der Waals surface area (Å²) < 4.78 is 0. The van der Waals surface area contributed by atoms with Gasteiger partial charge in [-0.1, -0.05) is 25.1 Å². The molecule has 1 unspecified atom stereocenters. The maximum absolute atomic E-state index is 10.1. The highest BCUT2D eigenvalue weighted by Gasteiger charge is 2.09. The topological polar surface area (TPSA) is 45.1 Å². The normalized spacial score (nSPS) is 12.9. The van der Waals surface area contributed by atoms with Gasteiger partial charge in [0.05, 0.1) is 6.10 Å². The van der Waals surface area contributed by atoms with Gasteiger partial charge in [-0.05, 0) is 23.6 Å². The van der Waals surface area contributed by atoms with Gasteiger partial charge in [0.25, 0.3) is 0 Å². The van der Waals surface area contributed by atoms with Crippen LogP contribution in [0.15, 0.2) is 36.7 Å². The molecule has 3 heteroatoms. The van der Waals surface area contributed by atoms with E-state index in [2.05, 4.69) is 10.3 Å². The Kier molecular flexibility index (Phi) is 3.49. The fourth-order valence-corrected chi connectivity index (χ4v) is 1.82. The number of pyridine rings is 1. The molecule has 0 aliphatic heterocycles. The van der Waals surface area contributed by atoms with Crippen molar-refractivity contribution in [2.75, 3.05) is 13.1 Å². The first-order chi connectivity index (χ1) is 7.83. The second-order valence-electron chi connectivity index (χ2n) is 3.77. The quantitative estimate of drug-likeness (QED) is 0.820. The molecule has 0 amide bonds. The van der Waals surface area contributed by atoms with E-state index in [4.69, 9.17) is 0 Å². The van der Waals surface area contributed by atoms with Gasteiger partial charge < -0.3 is 10.4 Å². The van der Waals surface area contributed by atoms with Crippen LogP contribution < -0.4 is 5.32 Å². The average Bonchev–Trinajstić information content (AvgIpc) is 2.35. The van der Waals surface area contributed by atoms with Crippen molar-refractivity contribution in [2.45, 2.75) is 13.0 Å². The SMILES string of the molecule is CCNCC(O)c1cccc2ccncc12. The molecule has 2 rings (SSSR count). The predicted molar refractivity (Wildman–Crippen MR) is 65.2 cm³/mol. The molecule has 0 spiro atoms. The van der Waals surface area contributed by atoms with E-state index in [9.17, 15) is 5.11 Å². The third-order valence-electron chi connectivity index (χ3n) is 2.66. The number of benzene rings is 1. The molecule has 1 aromatic heterocycles. The Morgan fingerprint density at radius 1 is 1.38 bits per heavy atom. The third kappa shape index (κ3) is 2.21. The fourth-order valence-electron chi connectivity index (χ4n) is 1.82. The molecular formula is C13H16N2O. The highest BCUT2D eigenvalue weighted by Crippen LogP contribution is 2.22. The van der Waals surface area contributed by atoms with E-state index in [1.165, 1.54) is 0 Å². The van der Waals surface area contributed by atoms with Crippen molar-refractivity contribution < 1.29 is 5.11 Å². The van der Waals surface area contributed by atoms with Crippen LogP contribution in [-0.4, -0.2) is 23.2 Å². The highest BCUT2D eigenvalue weighted by atomic mass is 16.3. The van der Waals surface area contributed by atoms with Crippen molar-refractivity contribution >= 4 is 10.8 Å². The minimum Gasteiger partial charge on any atom is -0.387 e. The second-order valence-corrected chi connectivity index (χ2v) is 3.77. The monoisotopic (exact) mass is 216 g/mol. The van der Waals surface area contributed by atoms with E-state index in [0.717, 1.165) is 22.9 Å². The Hall–Kier alpha value is -1.45. The van der Waals surface area contributed by atoms with Crippen molar-refractivity contribution in [3.8, 4) is 0 Å². The first kappa shape index (κ1) is 11.0. The molecule has 0 fully saturated rings. The Morgan fingerprint density at radius 2 is 2.25 bits per heavy atom. The largest absolute Gasteiger partial charge is 0.387 e. The Bertz CT molecular complexity index is 465. The zero-order valence-corrected chi connectivity index (χ0v) is 9.35. The van der Waals surface area contributed by atoms with Crippen LogP contribution in [0.3, 0.4) is 0 Å². The number of rotatable bonds is 4. The van der Waals surface area contributed by atoms with Crippen molar-refractivity contribution in [1.29, 1.82) is 0 Å². The molecule has 2 aromatic rings. The maximum atomic E-state index is 10.1. The summed E-state index contributed by atoms with van der Waals surface area (Å²) in [5.41, 5.74) is 0.937. The zero-order valence-electron chi connectivity index (χ0n) is 9.35. The molecule has 84 valence electrons. The minimum atomic E-state index is -0.479. The van der Waals surface area contributed by atoms with Gasteiger partial charge in [0.1, 0.15) is 0 Å². The smallest absolute Gasteiger partial charge is 0.0920 e. The van der Waals surface area contributed by atoms with Crippen LogP contribution in [0.5, 0.6) is 0 Å². The summed E-state index contributed by atoms with van der Waals surface area (Å²) in [6, 6.07) is 7.90. The molecule has 0 saturated carbocycles. The summed E-state index contributed by atoms with van der Waals surface area (Å²) in [7, 11) is 0. The standard InChI is InChI=1S/C13H16N2O/c1-2-14-9-13(16)11-5-3-4-10-6-7-15-8-12(10)11/h3-8,13-14,16H,2,9H2,1H3. The van der Waals surface area contributed by atoms with Gasteiger partial charge in [-0.25, -0.2) is 0 Å². The molecule has 0 bridgehead atoms. The van der Waals surface area contributed by atoms with Gasteiger partial charge in [0.15, 0.2) is 0 Å². The van der Waals surface area contributed by atoms with Crippen LogP contribution in [0.4, 0.5) is 0 Å². The van der Waals surface area contributed by atoms with E-state index in [0.29, 0.717) is 6.54 Å². The number of likely N-dealkylation sites (N-methyl/N-ethyl adjacent to an activating group) is 1. The lowest BCUT2D eigenvalue weighted by molar-refractivity contribution is 0.177. The molecule has 0 saturated heterocycles. The van der Waals surface area contributed by atoms with E-state index in [-0.39, 0.29) is 0 Å². The van der Waals surface area contributed by atoms with Gasteiger partial charge in [0, 0.05) is 24.3 Å². The maximum Gasteiger partial charge on any atom is 0.0920 e. The summed E-state index contributed by atoms with van der Waals surface area (Å²) >= 11 is 0. The lowest BCUT2D eigenvalue weighted by Gasteiger charge is -2.13. The number of aliphatic hydroxyl groups is 1. The molecule has 2 N–H and O–H groups in total.